The van der Waals surface area contributed by atoms with Crippen molar-refractivity contribution in [3.05, 3.63) is 52.3 Å². The van der Waals surface area contributed by atoms with Gasteiger partial charge in [0.05, 0.1) is 18.0 Å². The van der Waals surface area contributed by atoms with Crippen LogP contribution < -0.4 is 5.32 Å². The molecule has 1 amide bonds. The molecule has 0 saturated carbocycles. The van der Waals surface area contributed by atoms with Gasteiger partial charge in [0.1, 0.15) is 4.88 Å². The molecule has 0 saturated heterocycles. The lowest BCUT2D eigenvalue weighted by atomic mass is 10.2. The minimum absolute atomic E-state index is 0.184. The van der Waals surface area contributed by atoms with Gasteiger partial charge in [-0.3, -0.25) is 4.79 Å². The molecule has 0 fully saturated rings. The first-order valence-electron chi connectivity index (χ1n) is 8.28. The van der Waals surface area contributed by atoms with Gasteiger partial charge in [-0.15, -0.1) is 22.7 Å². The number of hydrogen-bond acceptors (Lipinski definition) is 7. The number of benzene rings is 1. The number of esters is 1. The predicted octanol–water partition coefficient (Wildman–Crippen LogP) is 5.09. The molecule has 140 valence electrons. The largest absolute Gasteiger partial charge is 0.462 e. The molecule has 1 aromatic carbocycles. The Labute approximate surface area is 169 Å². The lowest BCUT2D eigenvalue weighted by Crippen LogP contribution is -2.16. The Morgan fingerprint density at radius 2 is 2.04 bits per heavy atom. The van der Waals surface area contributed by atoms with Gasteiger partial charge >= 0.3 is 5.97 Å². The zero-order chi connectivity index (χ0) is 19.2. The molecule has 0 unspecified atom stereocenters. The van der Waals surface area contributed by atoms with Crippen LogP contribution in [-0.2, 0) is 9.53 Å². The quantitative estimate of drug-likeness (QED) is 0.428. The minimum atomic E-state index is -0.428. The molecule has 0 aliphatic rings. The summed E-state index contributed by atoms with van der Waals surface area (Å²) < 4.78 is 5.99. The van der Waals surface area contributed by atoms with Crippen molar-refractivity contribution in [1.82, 2.24) is 4.98 Å². The number of aryl methyl sites for hydroxylation is 1. The number of nitrogens with one attached hydrogen (secondary N) is 1. The molecule has 0 radical (unpaired) electrons. The molecule has 0 atom stereocenters. The second kappa shape index (κ2) is 9.16. The summed E-state index contributed by atoms with van der Waals surface area (Å²) in [6.07, 6.45) is 0. The van der Waals surface area contributed by atoms with Gasteiger partial charge in [0.2, 0.25) is 5.91 Å². The maximum Gasteiger partial charge on any atom is 0.350 e. The highest BCUT2D eigenvalue weighted by Gasteiger charge is 2.20. The van der Waals surface area contributed by atoms with Crippen molar-refractivity contribution < 1.29 is 14.3 Å². The van der Waals surface area contributed by atoms with E-state index in [1.54, 1.807) is 6.92 Å². The fourth-order valence-corrected chi connectivity index (χ4v) is 4.95. The fraction of sp³-hybridized carbons (Fsp3) is 0.211. The molecular formula is C19H18N2O3S3. The summed E-state index contributed by atoms with van der Waals surface area (Å²) >= 11 is 4.21. The van der Waals surface area contributed by atoms with E-state index >= 15 is 0 Å². The predicted molar refractivity (Wildman–Crippen MR) is 112 cm³/mol. The third kappa shape index (κ3) is 5.18. The molecule has 5 nitrogen and oxygen atoms in total. The maximum absolute atomic E-state index is 12.4. The molecule has 2 aromatic heterocycles. The van der Waals surface area contributed by atoms with E-state index in [0.29, 0.717) is 10.6 Å². The van der Waals surface area contributed by atoms with E-state index in [0.717, 1.165) is 20.5 Å². The molecule has 27 heavy (non-hydrogen) atoms. The molecule has 3 aromatic rings. The second-order valence-electron chi connectivity index (χ2n) is 5.53. The highest BCUT2D eigenvalue weighted by atomic mass is 32.2. The molecule has 0 aliphatic heterocycles. The van der Waals surface area contributed by atoms with E-state index in [1.807, 2.05) is 48.7 Å². The van der Waals surface area contributed by atoms with Crippen molar-refractivity contribution in [2.75, 3.05) is 17.7 Å². The highest BCUT2D eigenvalue weighted by Crippen LogP contribution is 2.35. The number of ether oxygens (including phenoxy) is 1. The molecular weight excluding hydrogens is 400 g/mol. The first kappa shape index (κ1) is 19.6. The third-order valence-corrected chi connectivity index (χ3v) is 6.75. The molecule has 8 heteroatoms. The Kier molecular flexibility index (Phi) is 6.65. The molecule has 2 heterocycles. The SMILES string of the molecule is CCOC(=O)c1sc(-c2ccccc2)cc1NC(=O)CSc1nc(C)cs1. The van der Waals surface area contributed by atoms with Crippen LogP contribution in [0.1, 0.15) is 22.3 Å². The second-order valence-corrected chi connectivity index (χ2v) is 8.66. The fourth-order valence-electron chi connectivity index (χ4n) is 2.29. The van der Waals surface area contributed by atoms with Crippen molar-refractivity contribution >= 4 is 52.0 Å². The van der Waals surface area contributed by atoms with Crippen LogP contribution in [0.15, 0.2) is 46.1 Å². The van der Waals surface area contributed by atoms with E-state index in [9.17, 15) is 9.59 Å². The van der Waals surface area contributed by atoms with Gasteiger partial charge in [0, 0.05) is 16.0 Å². The van der Waals surface area contributed by atoms with Crippen molar-refractivity contribution in [1.29, 1.82) is 0 Å². The molecule has 0 spiro atoms. The highest BCUT2D eigenvalue weighted by molar-refractivity contribution is 8.01. The van der Waals surface area contributed by atoms with Crippen LogP contribution in [0.25, 0.3) is 10.4 Å². The summed E-state index contributed by atoms with van der Waals surface area (Å²) in [5.74, 6) is -0.384. The van der Waals surface area contributed by atoms with Gasteiger partial charge in [-0.05, 0) is 25.5 Å². The van der Waals surface area contributed by atoms with Gasteiger partial charge < -0.3 is 10.1 Å². The summed E-state index contributed by atoms with van der Waals surface area (Å²) in [6, 6.07) is 11.6. The summed E-state index contributed by atoms with van der Waals surface area (Å²) in [5, 5.41) is 4.79. The lowest BCUT2D eigenvalue weighted by molar-refractivity contribution is -0.113. The van der Waals surface area contributed by atoms with Crippen molar-refractivity contribution in [3.63, 3.8) is 0 Å². The summed E-state index contributed by atoms with van der Waals surface area (Å²) in [6.45, 7) is 3.96. The number of carbonyl (C=O) groups excluding carboxylic acids is 2. The monoisotopic (exact) mass is 418 g/mol. The number of rotatable bonds is 7. The van der Waals surface area contributed by atoms with Crippen LogP contribution >= 0.6 is 34.4 Å². The van der Waals surface area contributed by atoms with Crippen LogP contribution in [0.4, 0.5) is 5.69 Å². The number of aromatic nitrogens is 1. The summed E-state index contributed by atoms with van der Waals surface area (Å²) in [4.78, 5) is 30.3. The van der Waals surface area contributed by atoms with Crippen LogP contribution in [-0.4, -0.2) is 29.2 Å². The number of anilines is 1. The minimum Gasteiger partial charge on any atom is -0.462 e. The number of thiophene rings is 1. The number of thiazole rings is 1. The van der Waals surface area contributed by atoms with E-state index < -0.39 is 5.97 Å². The Balaban J connectivity index is 1.76. The van der Waals surface area contributed by atoms with Gasteiger partial charge in [-0.2, -0.15) is 0 Å². The number of hydrogen-bond donors (Lipinski definition) is 1. The zero-order valence-corrected chi connectivity index (χ0v) is 17.3. The molecule has 1 N–H and O–H groups in total. The maximum atomic E-state index is 12.4. The van der Waals surface area contributed by atoms with Crippen molar-refractivity contribution in [2.24, 2.45) is 0 Å². The van der Waals surface area contributed by atoms with E-state index in [2.05, 4.69) is 10.3 Å². The molecule has 0 aliphatic carbocycles. The first-order valence-corrected chi connectivity index (χ1v) is 11.0. The standard InChI is InChI=1S/C19H18N2O3S3/c1-3-24-18(23)17-14(9-15(27-17)13-7-5-4-6-8-13)21-16(22)11-26-19-20-12(2)10-25-19/h4-10H,3,11H2,1-2H3,(H,21,22). The van der Waals surface area contributed by atoms with E-state index in [1.165, 1.54) is 34.4 Å². The van der Waals surface area contributed by atoms with Crippen LogP contribution in [0, 0.1) is 6.92 Å². The number of amides is 1. The Morgan fingerprint density at radius 1 is 1.26 bits per heavy atom. The van der Waals surface area contributed by atoms with Crippen LogP contribution in [0.3, 0.4) is 0 Å². The zero-order valence-electron chi connectivity index (χ0n) is 14.9. The van der Waals surface area contributed by atoms with Gasteiger partial charge in [-0.25, -0.2) is 9.78 Å². The van der Waals surface area contributed by atoms with Crippen molar-refractivity contribution in [2.45, 2.75) is 18.2 Å². The van der Waals surface area contributed by atoms with Crippen molar-refractivity contribution in [3.8, 4) is 10.4 Å². The Hall–Kier alpha value is -2.16. The number of nitrogens with zero attached hydrogens (tertiary/aromatic N) is 1. The average molecular weight is 419 g/mol. The van der Waals surface area contributed by atoms with Gasteiger partial charge in [0.25, 0.3) is 0 Å². The molecule has 3 rings (SSSR count). The topological polar surface area (TPSA) is 68.3 Å². The Bertz CT molecular complexity index is 935. The van der Waals surface area contributed by atoms with Gasteiger partial charge in [0.15, 0.2) is 4.34 Å². The smallest absolute Gasteiger partial charge is 0.350 e. The normalized spacial score (nSPS) is 10.6. The number of carbonyl (C=O) groups is 2. The summed E-state index contributed by atoms with van der Waals surface area (Å²) in [5.41, 5.74) is 2.41. The number of thioether (sulfide) groups is 1. The van der Waals surface area contributed by atoms with Crippen LogP contribution in [0.5, 0.6) is 0 Å². The average Bonchev–Trinajstić information content (AvgIpc) is 3.27. The first-order chi connectivity index (χ1) is 13.1. The Morgan fingerprint density at radius 3 is 2.70 bits per heavy atom. The third-order valence-electron chi connectivity index (χ3n) is 3.45. The van der Waals surface area contributed by atoms with E-state index in [4.69, 9.17) is 4.74 Å². The molecule has 0 bridgehead atoms. The van der Waals surface area contributed by atoms with Crippen LogP contribution in [0.2, 0.25) is 0 Å². The summed E-state index contributed by atoms with van der Waals surface area (Å²) in [7, 11) is 0. The van der Waals surface area contributed by atoms with E-state index in [-0.39, 0.29) is 18.3 Å². The van der Waals surface area contributed by atoms with Gasteiger partial charge in [-0.1, -0.05) is 42.1 Å². The lowest BCUT2D eigenvalue weighted by Gasteiger charge is -2.05.